The van der Waals surface area contributed by atoms with Crippen LogP contribution in [0.4, 0.5) is 4.79 Å². The lowest BCUT2D eigenvalue weighted by Gasteiger charge is -2.28. The van der Waals surface area contributed by atoms with Gasteiger partial charge >= 0.3 is 6.09 Å². The van der Waals surface area contributed by atoms with E-state index in [0.29, 0.717) is 18.8 Å². The molecule has 0 aromatic heterocycles. The summed E-state index contributed by atoms with van der Waals surface area (Å²) in [7, 11) is 0. The van der Waals surface area contributed by atoms with Crippen molar-refractivity contribution in [3.63, 3.8) is 0 Å². The molecule has 1 saturated heterocycles. The molecule has 3 rings (SSSR count). The molecular weight excluding hydrogens is 388 g/mol. The molecule has 0 saturated carbocycles. The van der Waals surface area contributed by atoms with Gasteiger partial charge in [-0.25, -0.2) is 4.79 Å². The van der Waals surface area contributed by atoms with Crippen molar-refractivity contribution in [2.45, 2.75) is 57.7 Å². The van der Waals surface area contributed by atoms with E-state index in [2.05, 4.69) is 37.8 Å². The number of amides is 2. The third-order valence-corrected chi connectivity index (χ3v) is 4.80. The number of hydrogen-bond donors (Lipinski definition) is 2. The van der Waals surface area contributed by atoms with Crippen molar-refractivity contribution >= 4 is 33.8 Å². The molecule has 1 aliphatic carbocycles. The Morgan fingerprint density at radius 3 is 2.92 bits per heavy atom. The highest BCUT2D eigenvalue weighted by Crippen LogP contribution is 2.26. The molecule has 2 amide bonds. The first-order chi connectivity index (χ1) is 11.7. The van der Waals surface area contributed by atoms with E-state index in [1.807, 2.05) is 26.8 Å². The van der Waals surface area contributed by atoms with Crippen molar-refractivity contribution in [2.75, 3.05) is 6.54 Å². The highest BCUT2D eigenvalue weighted by molar-refractivity contribution is 9.11. The van der Waals surface area contributed by atoms with Crippen LogP contribution in [0.5, 0.6) is 0 Å². The third-order valence-electron chi connectivity index (χ3n) is 4.25. The van der Waals surface area contributed by atoms with Crippen molar-refractivity contribution in [3.05, 3.63) is 22.2 Å². The Morgan fingerprint density at radius 1 is 1.44 bits per heavy atom. The maximum atomic E-state index is 12.7. The topological polar surface area (TPSA) is 83.0 Å². The molecule has 2 N–H and O–H groups in total. The molecule has 0 spiro atoms. The largest absolute Gasteiger partial charge is 0.444 e. The van der Waals surface area contributed by atoms with E-state index in [0.717, 1.165) is 22.9 Å². The number of carbonyl (C=O) groups excluding carboxylic acids is 2. The highest BCUT2D eigenvalue weighted by Gasteiger charge is 2.38. The van der Waals surface area contributed by atoms with Gasteiger partial charge in [-0.3, -0.25) is 9.69 Å². The van der Waals surface area contributed by atoms with Crippen molar-refractivity contribution < 1.29 is 14.3 Å². The van der Waals surface area contributed by atoms with Gasteiger partial charge in [0.25, 0.3) is 0 Å². The van der Waals surface area contributed by atoms with Crippen LogP contribution < -0.4 is 10.7 Å². The predicted octanol–water partition coefficient (Wildman–Crippen LogP) is 2.40. The molecule has 3 aliphatic rings. The zero-order chi connectivity index (χ0) is 18.2. The summed E-state index contributed by atoms with van der Waals surface area (Å²) in [6, 6.07) is -0.443. The molecule has 0 aromatic rings. The minimum Gasteiger partial charge on any atom is -0.444 e. The molecule has 2 heterocycles. The predicted molar refractivity (Wildman–Crippen MR) is 98.2 cm³/mol. The fraction of sp³-hybridized carbons (Fsp3) is 0.588. The molecular formula is C17H23BrN4O3. The Bertz CT molecular complexity index is 678. The van der Waals surface area contributed by atoms with Crippen LogP contribution in [-0.2, 0) is 9.53 Å². The monoisotopic (exact) mass is 410 g/mol. The van der Waals surface area contributed by atoms with Gasteiger partial charge in [-0.05, 0) is 46.1 Å². The van der Waals surface area contributed by atoms with Crippen LogP contribution in [0.2, 0.25) is 0 Å². The number of halogens is 1. The number of fused-ring (bicyclic) bond motifs is 1. The van der Waals surface area contributed by atoms with Crippen molar-refractivity contribution in [1.29, 1.82) is 0 Å². The minimum atomic E-state index is -0.584. The molecule has 1 unspecified atom stereocenters. The van der Waals surface area contributed by atoms with Gasteiger partial charge in [0.05, 0.1) is 6.04 Å². The number of hydrogen-bond acceptors (Lipinski definition) is 5. The molecule has 1 fully saturated rings. The molecule has 0 radical (unpaired) electrons. The lowest BCUT2D eigenvalue weighted by molar-refractivity contribution is -0.124. The van der Waals surface area contributed by atoms with Crippen molar-refractivity contribution in [1.82, 2.24) is 15.6 Å². The number of rotatable bonds is 1. The average Bonchev–Trinajstić information content (AvgIpc) is 3.13. The second-order valence-electron chi connectivity index (χ2n) is 7.39. The molecule has 0 aromatic carbocycles. The number of likely N-dealkylation sites (tertiary alicyclic amines) is 1. The van der Waals surface area contributed by atoms with Gasteiger partial charge in [-0.2, -0.15) is 5.10 Å². The van der Waals surface area contributed by atoms with Gasteiger partial charge in [0.2, 0.25) is 5.91 Å². The van der Waals surface area contributed by atoms with E-state index in [-0.39, 0.29) is 11.9 Å². The smallest absolute Gasteiger partial charge is 0.410 e. The number of nitrogens with one attached hydrogen (secondary N) is 2. The number of nitrogens with zero attached hydrogens (tertiary/aromatic N) is 2. The summed E-state index contributed by atoms with van der Waals surface area (Å²) in [5, 5.41) is 7.10. The number of allylic oxidation sites excluding steroid dienone is 2. The van der Waals surface area contributed by atoms with Crippen LogP contribution in [0.3, 0.4) is 0 Å². The first kappa shape index (κ1) is 18.0. The Balaban J connectivity index is 1.67. The summed E-state index contributed by atoms with van der Waals surface area (Å²) in [4.78, 5) is 26.6. The number of hydrazone groups is 1. The van der Waals surface area contributed by atoms with E-state index >= 15 is 0 Å². The van der Waals surface area contributed by atoms with E-state index in [1.54, 1.807) is 0 Å². The maximum Gasteiger partial charge on any atom is 0.410 e. The van der Waals surface area contributed by atoms with Gasteiger partial charge in [0.1, 0.15) is 11.6 Å². The van der Waals surface area contributed by atoms with E-state index in [9.17, 15) is 9.59 Å². The summed E-state index contributed by atoms with van der Waals surface area (Å²) in [6.45, 7) is 5.97. The standard InChI is InChI=1S/C17H23BrN4O3/c1-17(2,3)25-16(24)22-8-4-5-13(22)15(23)19-14-11-9-10(18)6-7-12(11)20-21-14/h6,9,12-13,20H,4-5,7-8H2,1-3H3,(H,19,21,23)/t12?,13-/m0/s1. The van der Waals surface area contributed by atoms with E-state index in [1.165, 1.54) is 4.90 Å². The van der Waals surface area contributed by atoms with Crippen LogP contribution in [-0.4, -0.2) is 47.0 Å². The maximum absolute atomic E-state index is 12.7. The highest BCUT2D eigenvalue weighted by atomic mass is 79.9. The lowest BCUT2D eigenvalue weighted by Crippen LogP contribution is -2.49. The summed E-state index contributed by atoms with van der Waals surface area (Å²) in [6.07, 6.45) is 5.77. The number of amidine groups is 1. The fourth-order valence-electron chi connectivity index (χ4n) is 3.11. The first-order valence-corrected chi connectivity index (χ1v) is 9.25. The lowest BCUT2D eigenvalue weighted by atomic mass is 9.99. The third kappa shape index (κ3) is 4.05. The zero-order valence-electron chi connectivity index (χ0n) is 14.6. The summed E-state index contributed by atoms with van der Waals surface area (Å²) >= 11 is 3.46. The Kier molecular flexibility index (Phi) is 4.90. The van der Waals surface area contributed by atoms with Gasteiger partial charge in [-0.1, -0.05) is 22.0 Å². The first-order valence-electron chi connectivity index (χ1n) is 8.46. The van der Waals surface area contributed by atoms with Gasteiger partial charge < -0.3 is 15.5 Å². The van der Waals surface area contributed by atoms with Gasteiger partial charge in [-0.15, -0.1) is 0 Å². The van der Waals surface area contributed by atoms with Crippen LogP contribution in [0.1, 0.15) is 40.0 Å². The van der Waals surface area contributed by atoms with Crippen molar-refractivity contribution in [3.8, 4) is 0 Å². The fourth-order valence-corrected chi connectivity index (χ4v) is 3.54. The number of ether oxygens (including phenoxy) is 1. The minimum absolute atomic E-state index is 0.0853. The molecule has 25 heavy (non-hydrogen) atoms. The zero-order valence-corrected chi connectivity index (χ0v) is 16.2. The molecule has 8 heteroatoms. The normalized spacial score (nSPS) is 25.4. The molecule has 0 bridgehead atoms. The van der Waals surface area contributed by atoms with Crippen molar-refractivity contribution in [2.24, 2.45) is 5.10 Å². The molecule has 7 nitrogen and oxygen atoms in total. The van der Waals surface area contributed by atoms with Crippen LogP contribution in [0, 0.1) is 0 Å². The summed E-state index contributed by atoms with van der Waals surface area (Å²) < 4.78 is 6.38. The summed E-state index contributed by atoms with van der Waals surface area (Å²) in [5.41, 5.74) is 3.39. The van der Waals surface area contributed by atoms with Crippen LogP contribution in [0.15, 0.2) is 27.3 Å². The second-order valence-corrected chi connectivity index (χ2v) is 8.30. The number of carbonyl (C=O) groups is 2. The van der Waals surface area contributed by atoms with Gasteiger partial charge in [0.15, 0.2) is 5.84 Å². The molecule has 2 atom stereocenters. The Morgan fingerprint density at radius 2 is 2.20 bits per heavy atom. The molecule has 136 valence electrons. The van der Waals surface area contributed by atoms with Gasteiger partial charge in [0, 0.05) is 16.6 Å². The van der Waals surface area contributed by atoms with Crippen LogP contribution in [0.25, 0.3) is 0 Å². The second kappa shape index (κ2) is 6.82. The Labute approximate surface area is 155 Å². The van der Waals surface area contributed by atoms with Crippen LogP contribution >= 0.6 is 15.9 Å². The average molecular weight is 411 g/mol. The Hall–Kier alpha value is -1.83. The SMILES string of the molecule is CC(C)(C)OC(=O)N1CCC[C@H]1C(=O)NC1=NNC2CC=C(Br)C=C12. The quantitative estimate of drug-likeness (QED) is 0.694. The summed E-state index contributed by atoms with van der Waals surface area (Å²) in [5.74, 6) is 0.298. The van der Waals surface area contributed by atoms with E-state index in [4.69, 9.17) is 4.74 Å². The van der Waals surface area contributed by atoms with E-state index < -0.39 is 17.7 Å². The molecule has 2 aliphatic heterocycles.